The van der Waals surface area contributed by atoms with Crippen LogP contribution in [0.25, 0.3) is 0 Å². The summed E-state index contributed by atoms with van der Waals surface area (Å²) in [4.78, 5) is 15.4. The van der Waals surface area contributed by atoms with Gasteiger partial charge in [0, 0.05) is 11.8 Å². The van der Waals surface area contributed by atoms with Crippen LogP contribution >= 0.6 is 0 Å². The first-order valence-corrected chi connectivity index (χ1v) is 5.46. The molecule has 0 saturated heterocycles. The number of aromatic nitrogens is 1. The summed E-state index contributed by atoms with van der Waals surface area (Å²) in [7, 11) is 0. The summed E-state index contributed by atoms with van der Waals surface area (Å²) in [6, 6.07) is 3.79. The molecule has 1 fully saturated rings. The summed E-state index contributed by atoms with van der Waals surface area (Å²) in [5.41, 5.74) is 6.39. The van der Waals surface area contributed by atoms with Crippen molar-refractivity contribution >= 4 is 12.1 Å². The van der Waals surface area contributed by atoms with Crippen LogP contribution in [0.2, 0.25) is 0 Å². The SMILES string of the molecule is Nc1ncccc1C1(C=O)CCCCC1. The number of rotatable bonds is 2. The molecule has 0 unspecified atom stereocenters. The van der Waals surface area contributed by atoms with Gasteiger partial charge in [0.05, 0.1) is 5.41 Å². The molecule has 0 aliphatic heterocycles. The third-order valence-corrected chi connectivity index (χ3v) is 3.35. The Balaban J connectivity index is 2.41. The fraction of sp³-hybridized carbons (Fsp3) is 0.500. The highest BCUT2D eigenvalue weighted by atomic mass is 16.1. The van der Waals surface area contributed by atoms with E-state index in [9.17, 15) is 4.79 Å². The lowest BCUT2D eigenvalue weighted by Gasteiger charge is -2.32. The first kappa shape index (κ1) is 10.1. The smallest absolute Gasteiger partial charge is 0.130 e. The average molecular weight is 204 g/mol. The number of aldehydes is 1. The van der Waals surface area contributed by atoms with Gasteiger partial charge in [0.2, 0.25) is 0 Å². The molecule has 1 aliphatic carbocycles. The molecule has 0 radical (unpaired) electrons. The fourth-order valence-corrected chi connectivity index (χ4v) is 2.47. The molecular weight excluding hydrogens is 188 g/mol. The number of nitrogens with zero attached hydrogens (tertiary/aromatic N) is 1. The number of carbonyl (C=O) groups excluding carboxylic acids is 1. The predicted molar refractivity (Wildman–Crippen MR) is 59.5 cm³/mol. The van der Waals surface area contributed by atoms with Crippen molar-refractivity contribution in [1.29, 1.82) is 0 Å². The van der Waals surface area contributed by atoms with E-state index in [2.05, 4.69) is 4.98 Å². The lowest BCUT2D eigenvalue weighted by molar-refractivity contribution is -0.113. The van der Waals surface area contributed by atoms with Crippen molar-refractivity contribution in [2.75, 3.05) is 5.73 Å². The van der Waals surface area contributed by atoms with Gasteiger partial charge < -0.3 is 10.5 Å². The topological polar surface area (TPSA) is 56.0 Å². The summed E-state index contributed by atoms with van der Waals surface area (Å²) in [6.07, 6.45) is 7.98. The predicted octanol–water partition coefficient (Wildman–Crippen LogP) is 2.06. The third-order valence-electron chi connectivity index (χ3n) is 3.35. The van der Waals surface area contributed by atoms with E-state index in [1.165, 1.54) is 6.42 Å². The number of pyridine rings is 1. The van der Waals surface area contributed by atoms with E-state index in [0.29, 0.717) is 5.82 Å². The van der Waals surface area contributed by atoms with E-state index in [1.54, 1.807) is 6.20 Å². The second-order valence-electron chi connectivity index (χ2n) is 4.27. The molecule has 3 heteroatoms. The van der Waals surface area contributed by atoms with E-state index in [0.717, 1.165) is 37.5 Å². The summed E-state index contributed by atoms with van der Waals surface area (Å²) >= 11 is 0. The van der Waals surface area contributed by atoms with E-state index in [4.69, 9.17) is 5.73 Å². The standard InChI is InChI=1S/C12H16N2O/c13-11-10(5-4-8-14-11)12(9-15)6-2-1-3-7-12/h4-5,8-9H,1-3,6-7H2,(H2,13,14). The van der Waals surface area contributed by atoms with Crippen LogP contribution < -0.4 is 5.73 Å². The number of carbonyl (C=O) groups is 1. The summed E-state index contributed by atoms with van der Waals surface area (Å²) in [6.45, 7) is 0. The van der Waals surface area contributed by atoms with E-state index in [1.807, 2.05) is 12.1 Å². The van der Waals surface area contributed by atoms with Crippen LogP contribution in [0.1, 0.15) is 37.7 Å². The van der Waals surface area contributed by atoms with Gasteiger partial charge in [-0.3, -0.25) is 0 Å². The number of anilines is 1. The zero-order valence-corrected chi connectivity index (χ0v) is 8.78. The Hall–Kier alpha value is -1.38. The Morgan fingerprint density at radius 1 is 1.33 bits per heavy atom. The van der Waals surface area contributed by atoms with Crippen molar-refractivity contribution in [2.24, 2.45) is 0 Å². The molecule has 0 atom stereocenters. The lowest BCUT2D eigenvalue weighted by atomic mass is 9.70. The van der Waals surface area contributed by atoms with Crippen molar-refractivity contribution in [3.05, 3.63) is 23.9 Å². The van der Waals surface area contributed by atoms with Gasteiger partial charge in [-0.2, -0.15) is 0 Å². The Labute approximate surface area is 89.7 Å². The van der Waals surface area contributed by atoms with Gasteiger partial charge in [-0.25, -0.2) is 4.98 Å². The second kappa shape index (κ2) is 4.01. The molecule has 15 heavy (non-hydrogen) atoms. The largest absolute Gasteiger partial charge is 0.383 e. The van der Waals surface area contributed by atoms with Gasteiger partial charge in [-0.15, -0.1) is 0 Å². The molecule has 1 heterocycles. The minimum absolute atomic E-state index is 0.364. The lowest BCUT2D eigenvalue weighted by Crippen LogP contribution is -2.31. The van der Waals surface area contributed by atoms with Crippen LogP contribution in [0.4, 0.5) is 5.82 Å². The van der Waals surface area contributed by atoms with E-state index >= 15 is 0 Å². The summed E-state index contributed by atoms with van der Waals surface area (Å²) in [5.74, 6) is 0.506. The summed E-state index contributed by atoms with van der Waals surface area (Å²) in [5, 5.41) is 0. The number of nitrogens with two attached hydrogens (primary N) is 1. The minimum atomic E-state index is -0.364. The Morgan fingerprint density at radius 3 is 2.67 bits per heavy atom. The van der Waals surface area contributed by atoms with Crippen LogP contribution in [0.5, 0.6) is 0 Å². The molecule has 1 saturated carbocycles. The molecule has 1 aliphatic rings. The van der Waals surface area contributed by atoms with Gasteiger partial charge >= 0.3 is 0 Å². The van der Waals surface area contributed by atoms with Crippen LogP contribution in [-0.2, 0) is 10.2 Å². The average Bonchev–Trinajstić information content (AvgIpc) is 2.30. The monoisotopic (exact) mass is 204 g/mol. The first-order valence-electron chi connectivity index (χ1n) is 5.46. The molecule has 1 aromatic rings. The Bertz CT molecular complexity index is 356. The molecule has 2 N–H and O–H groups in total. The quantitative estimate of drug-likeness (QED) is 0.750. The summed E-state index contributed by atoms with van der Waals surface area (Å²) < 4.78 is 0. The van der Waals surface area contributed by atoms with E-state index in [-0.39, 0.29) is 5.41 Å². The molecule has 1 aromatic heterocycles. The van der Waals surface area contributed by atoms with Gasteiger partial charge in [-0.1, -0.05) is 25.3 Å². The Morgan fingerprint density at radius 2 is 2.07 bits per heavy atom. The van der Waals surface area contributed by atoms with Crippen LogP contribution in [0.15, 0.2) is 18.3 Å². The maximum absolute atomic E-state index is 11.4. The van der Waals surface area contributed by atoms with Crippen LogP contribution in [0.3, 0.4) is 0 Å². The van der Waals surface area contributed by atoms with E-state index < -0.39 is 0 Å². The fourth-order valence-electron chi connectivity index (χ4n) is 2.47. The molecule has 0 spiro atoms. The third kappa shape index (κ3) is 1.74. The molecule has 2 rings (SSSR count). The van der Waals surface area contributed by atoms with Gasteiger partial charge in [-0.05, 0) is 18.9 Å². The highest BCUT2D eigenvalue weighted by Gasteiger charge is 2.35. The van der Waals surface area contributed by atoms with Crippen molar-refractivity contribution in [1.82, 2.24) is 4.98 Å². The molecule has 3 nitrogen and oxygen atoms in total. The van der Waals surface area contributed by atoms with Crippen LogP contribution in [0, 0.1) is 0 Å². The Kier molecular flexibility index (Phi) is 2.71. The molecular formula is C12H16N2O. The second-order valence-corrected chi connectivity index (χ2v) is 4.27. The van der Waals surface area contributed by atoms with Gasteiger partial charge in [0.15, 0.2) is 0 Å². The molecule has 0 aromatic carbocycles. The number of hydrogen-bond donors (Lipinski definition) is 1. The van der Waals surface area contributed by atoms with Crippen molar-refractivity contribution in [2.45, 2.75) is 37.5 Å². The van der Waals surface area contributed by atoms with Crippen molar-refractivity contribution in [3.8, 4) is 0 Å². The maximum Gasteiger partial charge on any atom is 0.130 e. The molecule has 0 amide bonds. The number of hydrogen-bond acceptors (Lipinski definition) is 3. The zero-order chi connectivity index (χ0) is 10.7. The molecule has 80 valence electrons. The number of nitrogen functional groups attached to an aromatic ring is 1. The maximum atomic E-state index is 11.4. The van der Waals surface area contributed by atoms with Gasteiger partial charge in [0.25, 0.3) is 0 Å². The van der Waals surface area contributed by atoms with Crippen molar-refractivity contribution in [3.63, 3.8) is 0 Å². The first-order chi connectivity index (χ1) is 7.28. The highest BCUT2D eigenvalue weighted by molar-refractivity contribution is 5.72. The normalized spacial score (nSPS) is 19.7. The van der Waals surface area contributed by atoms with Crippen LogP contribution in [-0.4, -0.2) is 11.3 Å². The zero-order valence-electron chi connectivity index (χ0n) is 8.78. The van der Waals surface area contributed by atoms with Crippen molar-refractivity contribution < 1.29 is 4.79 Å². The minimum Gasteiger partial charge on any atom is -0.383 e. The highest BCUT2D eigenvalue weighted by Crippen LogP contribution is 2.39. The van der Waals surface area contributed by atoms with Gasteiger partial charge in [0.1, 0.15) is 12.1 Å². The molecule has 0 bridgehead atoms.